The Hall–Kier alpha value is -2.44. The molecular formula is C13H20N4O3. The molecule has 0 aliphatic heterocycles. The van der Waals surface area contributed by atoms with Crippen molar-refractivity contribution in [3.8, 4) is 11.5 Å². The van der Waals surface area contributed by atoms with Crippen molar-refractivity contribution in [2.24, 2.45) is 5.73 Å². The van der Waals surface area contributed by atoms with E-state index in [1.54, 1.807) is 20.8 Å². The molecule has 5 N–H and O–H groups in total. The van der Waals surface area contributed by atoms with Gasteiger partial charge in [0.25, 0.3) is 0 Å². The zero-order valence-electron chi connectivity index (χ0n) is 12.1. The summed E-state index contributed by atoms with van der Waals surface area (Å²) in [5.74, 6) is -0.845. The van der Waals surface area contributed by atoms with E-state index in [1.165, 1.54) is 18.0 Å². The SMILES string of the molecule is CCN(C(=N)N)C(=O)N(C)c1c(C)cc(O)c(O)c1C. The number of benzene rings is 1. The highest BCUT2D eigenvalue weighted by molar-refractivity contribution is 6.03. The highest BCUT2D eigenvalue weighted by atomic mass is 16.3. The van der Waals surface area contributed by atoms with Crippen LogP contribution in [-0.2, 0) is 0 Å². The molecule has 0 radical (unpaired) electrons. The lowest BCUT2D eigenvalue weighted by molar-refractivity contribution is 0.229. The van der Waals surface area contributed by atoms with Gasteiger partial charge in [0.05, 0.1) is 5.69 Å². The quantitative estimate of drug-likeness (QED) is 0.373. The van der Waals surface area contributed by atoms with Crippen LogP contribution in [0.3, 0.4) is 0 Å². The fourth-order valence-electron chi connectivity index (χ4n) is 2.14. The van der Waals surface area contributed by atoms with E-state index >= 15 is 0 Å². The Morgan fingerprint density at radius 1 is 1.40 bits per heavy atom. The van der Waals surface area contributed by atoms with Gasteiger partial charge in [0, 0.05) is 19.2 Å². The molecule has 0 atom stereocenters. The fourth-order valence-corrected chi connectivity index (χ4v) is 2.14. The Balaban J connectivity index is 3.28. The monoisotopic (exact) mass is 280 g/mol. The number of carbonyl (C=O) groups excluding carboxylic acids is 1. The van der Waals surface area contributed by atoms with Crippen molar-refractivity contribution < 1.29 is 15.0 Å². The molecule has 0 heterocycles. The molecule has 0 saturated heterocycles. The van der Waals surface area contributed by atoms with Gasteiger partial charge < -0.3 is 15.9 Å². The zero-order valence-corrected chi connectivity index (χ0v) is 12.1. The number of aryl methyl sites for hydroxylation is 1. The highest BCUT2D eigenvalue weighted by Gasteiger charge is 2.24. The number of guanidine groups is 1. The summed E-state index contributed by atoms with van der Waals surface area (Å²) in [6.45, 7) is 5.29. The van der Waals surface area contributed by atoms with Crippen LogP contribution in [-0.4, -0.2) is 40.7 Å². The second kappa shape index (κ2) is 5.68. The molecule has 7 nitrogen and oxygen atoms in total. The fraction of sp³-hybridized carbons (Fsp3) is 0.385. The Bertz CT molecular complexity index is 557. The molecule has 0 saturated carbocycles. The average molecular weight is 280 g/mol. The van der Waals surface area contributed by atoms with Gasteiger partial charge in [-0.05, 0) is 32.4 Å². The van der Waals surface area contributed by atoms with E-state index in [0.29, 0.717) is 16.8 Å². The summed E-state index contributed by atoms with van der Waals surface area (Å²) in [5.41, 5.74) is 6.86. The first kappa shape index (κ1) is 15.6. The second-order valence-electron chi connectivity index (χ2n) is 4.51. The van der Waals surface area contributed by atoms with Crippen molar-refractivity contribution in [1.82, 2.24) is 4.90 Å². The normalized spacial score (nSPS) is 10.2. The van der Waals surface area contributed by atoms with E-state index < -0.39 is 6.03 Å². The number of anilines is 1. The third kappa shape index (κ3) is 2.61. The van der Waals surface area contributed by atoms with Crippen molar-refractivity contribution >= 4 is 17.7 Å². The molecule has 0 spiro atoms. The molecular weight excluding hydrogens is 260 g/mol. The highest BCUT2D eigenvalue weighted by Crippen LogP contribution is 2.38. The van der Waals surface area contributed by atoms with Crippen LogP contribution in [0.2, 0.25) is 0 Å². The van der Waals surface area contributed by atoms with Crippen LogP contribution in [0.5, 0.6) is 11.5 Å². The minimum Gasteiger partial charge on any atom is -0.504 e. The van der Waals surface area contributed by atoms with Gasteiger partial charge in [0.2, 0.25) is 0 Å². The van der Waals surface area contributed by atoms with Gasteiger partial charge in [-0.2, -0.15) is 0 Å². The summed E-state index contributed by atoms with van der Waals surface area (Å²) >= 11 is 0. The number of phenolic OH excluding ortho intramolecular Hbond substituents is 2. The van der Waals surface area contributed by atoms with Gasteiger partial charge in [-0.1, -0.05) is 0 Å². The lowest BCUT2D eigenvalue weighted by atomic mass is 10.1. The molecule has 0 aliphatic carbocycles. The van der Waals surface area contributed by atoms with E-state index in [0.717, 1.165) is 4.90 Å². The zero-order chi connectivity index (χ0) is 15.6. The van der Waals surface area contributed by atoms with E-state index in [1.807, 2.05) is 0 Å². The second-order valence-corrected chi connectivity index (χ2v) is 4.51. The Morgan fingerprint density at radius 3 is 2.40 bits per heavy atom. The van der Waals surface area contributed by atoms with Gasteiger partial charge in [0.1, 0.15) is 0 Å². The van der Waals surface area contributed by atoms with Crippen LogP contribution in [0, 0.1) is 19.3 Å². The van der Waals surface area contributed by atoms with Crippen molar-refractivity contribution in [2.45, 2.75) is 20.8 Å². The number of hydrogen-bond acceptors (Lipinski definition) is 4. The first-order valence-electron chi connectivity index (χ1n) is 6.13. The van der Waals surface area contributed by atoms with Crippen LogP contribution in [0.4, 0.5) is 10.5 Å². The lowest BCUT2D eigenvalue weighted by Gasteiger charge is -2.28. The van der Waals surface area contributed by atoms with E-state index in [4.69, 9.17) is 11.1 Å². The minimum absolute atomic E-state index is 0.233. The number of phenols is 2. The number of urea groups is 1. The average Bonchev–Trinajstić information content (AvgIpc) is 2.36. The molecule has 0 fully saturated rings. The number of hydrogen-bond donors (Lipinski definition) is 4. The molecule has 0 aromatic heterocycles. The van der Waals surface area contributed by atoms with Crippen LogP contribution in [0.15, 0.2) is 6.07 Å². The Kier molecular flexibility index (Phi) is 4.44. The van der Waals surface area contributed by atoms with Crippen molar-refractivity contribution in [3.05, 3.63) is 17.2 Å². The molecule has 0 bridgehead atoms. The predicted molar refractivity (Wildman–Crippen MR) is 77.3 cm³/mol. The molecule has 7 heteroatoms. The molecule has 2 amide bonds. The molecule has 1 aromatic carbocycles. The van der Waals surface area contributed by atoms with Gasteiger partial charge in [-0.15, -0.1) is 0 Å². The predicted octanol–water partition coefficient (Wildman–Crippen LogP) is 1.49. The number of nitrogens with zero attached hydrogens (tertiary/aromatic N) is 2. The molecule has 0 aliphatic rings. The Labute approximate surface area is 117 Å². The molecule has 1 rings (SSSR count). The largest absolute Gasteiger partial charge is 0.504 e. The van der Waals surface area contributed by atoms with Crippen LogP contribution in [0.25, 0.3) is 0 Å². The molecule has 110 valence electrons. The third-order valence-corrected chi connectivity index (χ3v) is 3.14. The van der Waals surface area contributed by atoms with E-state index in [9.17, 15) is 15.0 Å². The molecule has 1 aromatic rings. The standard InChI is InChI=1S/C13H20N4O3/c1-5-17(12(14)15)13(20)16(4)10-7(2)6-9(18)11(19)8(10)3/h6,18-19H,5H2,1-4H3,(H3,14,15). The smallest absolute Gasteiger partial charge is 0.331 e. The summed E-state index contributed by atoms with van der Waals surface area (Å²) < 4.78 is 0. The number of amides is 2. The molecule has 20 heavy (non-hydrogen) atoms. The summed E-state index contributed by atoms with van der Waals surface area (Å²) in [4.78, 5) is 14.7. The van der Waals surface area contributed by atoms with E-state index in [-0.39, 0.29) is 24.0 Å². The molecule has 0 unspecified atom stereocenters. The number of aromatic hydroxyl groups is 2. The van der Waals surface area contributed by atoms with Crippen LogP contribution >= 0.6 is 0 Å². The van der Waals surface area contributed by atoms with Crippen molar-refractivity contribution in [1.29, 1.82) is 5.41 Å². The van der Waals surface area contributed by atoms with Gasteiger partial charge >= 0.3 is 6.03 Å². The summed E-state index contributed by atoms with van der Waals surface area (Å²) in [6, 6.07) is 0.905. The maximum atomic E-state index is 12.3. The lowest BCUT2D eigenvalue weighted by Crippen LogP contribution is -2.47. The first-order chi connectivity index (χ1) is 9.22. The maximum absolute atomic E-state index is 12.3. The Morgan fingerprint density at radius 2 is 1.95 bits per heavy atom. The number of rotatable bonds is 2. The van der Waals surface area contributed by atoms with Crippen molar-refractivity contribution in [2.75, 3.05) is 18.5 Å². The summed E-state index contributed by atoms with van der Waals surface area (Å²) in [5, 5.41) is 26.7. The number of nitrogens with two attached hydrogens (primary N) is 1. The van der Waals surface area contributed by atoms with Gasteiger partial charge in [-0.25, -0.2) is 4.79 Å². The summed E-state index contributed by atoms with van der Waals surface area (Å²) in [6.07, 6.45) is 0. The van der Waals surface area contributed by atoms with Crippen molar-refractivity contribution in [3.63, 3.8) is 0 Å². The van der Waals surface area contributed by atoms with E-state index in [2.05, 4.69) is 0 Å². The van der Waals surface area contributed by atoms with Gasteiger partial charge in [-0.3, -0.25) is 15.2 Å². The third-order valence-electron chi connectivity index (χ3n) is 3.14. The van der Waals surface area contributed by atoms with Gasteiger partial charge in [0.15, 0.2) is 17.5 Å². The topological polar surface area (TPSA) is 114 Å². The minimum atomic E-state index is -0.476. The van der Waals surface area contributed by atoms with Crippen LogP contribution < -0.4 is 10.6 Å². The van der Waals surface area contributed by atoms with Crippen LogP contribution in [0.1, 0.15) is 18.1 Å². The summed E-state index contributed by atoms with van der Waals surface area (Å²) in [7, 11) is 1.53. The number of carbonyl (C=O) groups is 1. The maximum Gasteiger partial charge on any atom is 0.331 e. The number of nitrogens with one attached hydrogen (secondary N) is 1. The first-order valence-corrected chi connectivity index (χ1v) is 6.13.